The molecular weight excluding hydrogens is 242 g/mol. The molecule has 1 rings (SSSR count). The molecule has 1 N–H and O–H groups in total. The first-order chi connectivity index (χ1) is 8.63. The number of hydrogen-bond donors (Lipinski definition) is 1. The van der Waals surface area contributed by atoms with Gasteiger partial charge in [-0.15, -0.1) is 0 Å². The van der Waals surface area contributed by atoms with Crippen LogP contribution < -0.4 is 5.32 Å². The Hall–Kier alpha value is -1.71. The standard InChI is InChI=1S/C12H14F2N2O2/c1-17-7-9(18-2)6-16-10-4-3-8(5-15)11(13)12(10)14/h3-4,9,16H,6-7H2,1-2H3. The molecule has 1 atom stereocenters. The molecule has 0 saturated heterocycles. The van der Waals surface area contributed by atoms with Gasteiger partial charge in [0.15, 0.2) is 11.6 Å². The van der Waals surface area contributed by atoms with E-state index < -0.39 is 11.6 Å². The molecular formula is C12H14F2N2O2. The van der Waals surface area contributed by atoms with Crippen molar-refractivity contribution in [2.24, 2.45) is 0 Å². The SMILES string of the molecule is COCC(CNc1ccc(C#N)c(F)c1F)OC. The number of hydrogen-bond acceptors (Lipinski definition) is 4. The summed E-state index contributed by atoms with van der Waals surface area (Å²) in [5.74, 6) is -2.22. The third kappa shape index (κ3) is 3.39. The Morgan fingerprint density at radius 1 is 1.33 bits per heavy atom. The van der Waals surface area contributed by atoms with Crippen LogP contribution in [0.3, 0.4) is 0 Å². The number of ether oxygens (including phenoxy) is 2. The van der Waals surface area contributed by atoms with E-state index in [4.69, 9.17) is 14.7 Å². The largest absolute Gasteiger partial charge is 0.382 e. The van der Waals surface area contributed by atoms with Crippen molar-refractivity contribution in [1.82, 2.24) is 0 Å². The number of nitrogens with zero attached hydrogens (tertiary/aromatic N) is 1. The summed E-state index contributed by atoms with van der Waals surface area (Å²) in [7, 11) is 3.02. The predicted octanol–water partition coefficient (Wildman–Crippen LogP) is 1.91. The number of benzene rings is 1. The van der Waals surface area contributed by atoms with Gasteiger partial charge in [0, 0.05) is 20.8 Å². The highest BCUT2D eigenvalue weighted by molar-refractivity contribution is 5.49. The highest BCUT2D eigenvalue weighted by Crippen LogP contribution is 2.20. The maximum absolute atomic E-state index is 13.5. The van der Waals surface area contributed by atoms with E-state index >= 15 is 0 Å². The molecule has 0 amide bonds. The lowest BCUT2D eigenvalue weighted by molar-refractivity contribution is 0.0365. The van der Waals surface area contributed by atoms with Crippen molar-refractivity contribution >= 4 is 5.69 Å². The van der Waals surface area contributed by atoms with Crippen LogP contribution in [0.5, 0.6) is 0 Å². The lowest BCUT2D eigenvalue weighted by Crippen LogP contribution is -2.27. The van der Waals surface area contributed by atoms with Gasteiger partial charge in [-0.2, -0.15) is 5.26 Å². The Bertz CT molecular complexity index is 446. The van der Waals surface area contributed by atoms with E-state index in [9.17, 15) is 8.78 Å². The highest BCUT2D eigenvalue weighted by Gasteiger charge is 2.14. The summed E-state index contributed by atoms with van der Waals surface area (Å²) < 4.78 is 36.8. The van der Waals surface area contributed by atoms with Crippen LogP contribution in [-0.2, 0) is 9.47 Å². The van der Waals surface area contributed by atoms with Gasteiger partial charge in [0.25, 0.3) is 0 Å². The molecule has 0 saturated carbocycles. The Balaban J connectivity index is 2.74. The van der Waals surface area contributed by atoms with E-state index in [0.29, 0.717) is 6.61 Å². The van der Waals surface area contributed by atoms with Crippen LogP contribution in [0.4, 0.5) is 14.5 Å². The maximum atomic E-state index is 13.5. The molecule has 98 valence electrons. The fraction of sp³-hybridized carbons (Fsp3) is 0.417. The van der Waals surface area contributed by atoms with Crippen molar-refractivity contribution in [3.05, 3.63) is 29.3 Å². The molecule has 0 spiro atoms. The lowest BCUT2D eigenvalue weighted by Gasteiger charge is -2.16. The third-order valence-corrected chi connectivity index (χ3v) is 2.41. The average Bonchev–Trinajstić information content (AvgIpc) is 2.39. The van der Waals surface area contributed by atoms with Crippen molar-refractivity contribution in [3.63, 3.8) is 0 Å². The van der Waals surface area contributed by atoms with Crippen molar-refractivity contribution in [1.29, 1.82) is 5.26 Å². The van der Waals surface area contributed by atoms with Gasteiger partial charge < -0.3 is 14.8 Å². The molecule has 6 heteroatoms. The predicted molar refractivity (Wildman–Crippen MR) is 62.2 cm³/mol. The molecule has 0 bridgehead atoms. The molecule has 0 aromatic heterocycles. The molecule has 0 aliphatic rings. The van der Waals surface area contributed by atoms with E-state index in [1.165, 1.54) is 26.4 Å². The number of methoxy groups -OCH3 is 2. The van der Waals surface area contributed by atoms with Crippen molar-refractivity contribution < 1.29 is 18.3 Å². The third-order valence-electron chi connectivity index (χ3n) is 2.41. The minimum absolute atomic E-state index is 0.00958. The first-order valence-corrected chi connectivity index (χ1v) is 5.27. The Kier molecular flexibility index (Phi) is 5.49. The average molecular weight is 256 g/mol. The summed E-state index contributed by atoms with van der Waals surface area (Å²) in [5, 5.41) is 11.3. The zero-order valence-corrected chi connectivity index (χ0v) is 10.2. The molecule has 0 radical (unpaired) electrons. The van der Waals surface area contributed by atoms with E-state index in [2.05, 4.69) is 5.32 Å². The smallest absolute Gasteiger partial charge is 0.183 e. The zero-order chi connectivity index (χ0) is 13.5. The van der Waals surface area contributed by atoms with Crippen LogP contribution in [-0.4, -0.2) is 33.5 Å². The summed E-state index contributed by atoms with van der Waals surface area (Å²) in [6.45, 7) is 0.608. The molecule has 1 aromatic rings. The van der Waals surface area contributed by atoms with Crippen LogP contribution in [0.1, 0.15) is 5.56 Å². The first-order valence-electron chi connectivity index (χ1n) is 5.27. The van der Waals surface area contributed by atoms with Crippen LogP contribution in [0.15, 0.2) is 12.1 Å². The number of anilines is 1. The summed E-state index contributed by atoms with van der Waals surface area (Å²) in [6, 6.07) is 4.11. The van der Waals surface area contributed by atoms with E-state index in [0.717, 1.165) is 0 Å². The molecule has 1 aromatic carbocycles. The highest BCUT2D eigenvalue weighted by atomic mass is 19.2. The van der Waals surface area contributed by atoms with E-state index in [1.54, 1.807) is 6.07 Å². The molecule has 0 aliphatic carbocycles. The van der Waals surface area contributed by atoms with Gasteiger partial charge in [-0.05, 0) is 12.1 Å². The second kappa shape index (κ2) is 6.89. The maximum Gasteiger partial charge on any atom is 0.183 e. The van der Waals surface area contributed by atoms with Gasteiger partial charge in [0.1, 0.15) is 6.07 Å². The van der Waals surface area contributed by atoms with E-state index in [1.807, 2.05) is 0 Å². The summed E-state index contributed by atoms with van der Waals surface area (Å²) in [5.41, 5.74) is -0.331. The van der Waals surface area contributed by atoms with Crippen LogP contribution in [0.25, 0.3) is 0 Å². The van der Waals surface area contributed by atoms with Crippen molar-refractivity contribution in [2.45, 2.75) is 6.10 Å². The fourth-order valence-electron chi connectivity index (χ4n) is 1.39. The number of halogens is 2. The van der Waals surface area contributed by atoms with Gasteiger partial charge >= 0.3 is 0 Å². The minimum Gasteiger partial charge on any atom is -0.382 e. The molecule has 0 aliphatic heterocycles. The summed E-state index contributed by atoms with van der Waals surface area (Å²) in [6.07, 6.45) is -0.270. The summed E-state index contributed by atoms with van der Waals surface area (Å²) in [4.78, 5) is 0. The zero-order valence-electron chi connectivity index (χ0n) is 10.2. The molecule has 4 nitrogen and oxygen atoms in total. The van der Waals surface area contributed by atoms with Gasteiger partial charge in [-0.25, -0.2) is 8.78 Å². The Labute approximate surface area is 104 Å². The number of nitriles is 1. The topological polar surface area (TPSA) is 54.3 Å². The number of rotatable bonds is 6. The Morgan fingerprint density at radius 3 is 2.61 bits per heavy atom. The van der Waals surface area contributed by atoms with Gasteiger partial charge in [0.2, 0.25) is 0 Å². The normalized spacial score (nSPS) is 11.9. The van der Waals surface area contributed by atoms with Crippen molar-refractivity contribution in [2.75, 3.05) is 32.7 Å². The summed E-state index contributed by atoms with van der Waals surface area (Å²) >= 11 is 0. The molecule has 18 heavy (non-hydrogen) atoms. The first kappa shape index (κ1) is 14.4. The van der Waals surface area contributed by atoms with Gasteiger partial charge in [0.05, 0.1) is 24.0 Å². The molecule has 0 heterocycles. The number of nitrogens with one attached hydrogen (secondary N) is 1. The minimum atomic E-state index is -1.15. The quantitative estimate of drug-likeness (QED) is 0.844. The van der Waals surface area contributed by atoms with Crippen LogP contribution in [0.2, 0.25) is 0 Å². The van der Waals surface area contributed by atoms with E-state index in [-0.39, 0.29) is 23.9 Å². The second-order valence-electron chi connectivity index (χ2n) is 3.59. The van der Waals surface area contributed by atoms with Crippen molar-refractivity contribution in [3.8, 4) is 6.07 Å². The molecule has 0 fully saturated rings. The van der Waals surface area contributed by atoms with Crippen LogP contribution in [0, 0.1) is 23.0 Å². The monoisotopic (exact) mass is 256 g/mol. The Morgan fingerprint density at radius 2 is 2.06 bits per heavy atom. The lowest BCUT2D eigenvalue weighted by atomic mass is 10.2. The fourth-order valence-corrected chi connectivity index (χ4v) is 1.39. The van der Waals surface area contributed by atoms with Gasteiger partial charge in [-0.1, -0.05) is 0 Å². The molecule has 1 unspecified atom stereocenters. The van der Waals surface area contributed by atoms with Gasteiger partial charge in [-0.3, -0.25) is 0 Å². The second-order valence-corrected chi connectivity index (χ2v) is 3.59. The van der Waals surface area contributed by atoms with Crippen LogP contribution >= 0.6 is 0 Å².